The number of rotatable bonds is 7. The summed E-state index contributed by atoms with van der Waals surface area (Å²) in [6.07, 6.45) is 0. The topological polar surface area (TPSA) is 108 Å². The molecule has 0 spiro atoms. The molecule has 0 bridgehead atoms. The number of hydrogen-bond donors (Lipinski definition) is 1. The van der Waals surface area contributed by atoms with Gasteiger partial charge in [-0.3, -0.25) is 14.4 Å². The SMILES string of the molecule is CC(=O)c1ccccc1NC(=O)COC(=O)c1ccccc1C(=O)c1ccc2c(c1)OCCO2. The van der Waals surface area contributed by atoms with E-state index in [1.807, 2.05) is 0 Å². The van der Waals surface area contributed by atoms with Crippen LogP contribution in [0.2, 0.25) is 0 Å². The lowest BCUT2D eigenvalue weighted by Gasteiger charge is -2.18. The fourth-order valence-electron chi connectivity index (χ4n) is 3.49. The zero-order valence-corrected chi connectivity index (χ0v) is 18.3. The maximum atomic E-state index is 13.1. The van der Waals surface area contributed by atoms with Gasteiger partial charge in [0.15, 0.2) is 29.7 Å². The molecule has 1 aliphatic rings. The first-order valence-corrected chi connectivity index (χ1v) is 10.5. The molecule has 34 heavy (non-hydrogen) atoms. The van der Waals surface area contributed by atoms with Gasteiger partial charge in [0.25, 0.3) is 5.91 Å². The van der Waals surface area contributed by atoms with Crippen molar-refractivity contribution in [3.05, 3.63) is 89.0 Å². The summed E-state index contributed by atoms with van der Waals surface area (Å²) in [7, 11) is 0. The first-order chi connectivity index (χ1) is 16.4. The summed E-state index contributed by atoms with van der Waals surface area (Å²) in [6.45, 7) is 1.62. The van der Waals surface area contributed by atoms with E-state index in [1.165, 1.54) is 19.1 Å². The highest BCUT2D eigenvalue weighted by atomic mass is 16.6. The Kier molecular flexibility index (Phi) is 6.68. The standard InChI is InChI=1S/C26H21NO7/c1-16(28)18-6-4-5-9-21(18)27-24(29)15-34-26(31)20-8-3-2-7-19(20)25(30)17-10-11-22-23(14-17)33-13-12-32-22/h2-11,14H,12-13,15H2,1H3,(H,27,29). The number of amides is 1. The average Bonchev–Trinajstić information content (AvgIpc) is 2.86. The average molecular weight is 459 g/mol. The summed E-state index contributed by atoms with van der Waals surface area (Å²) >= 11 is 0. The van der Waals surface area contributed by atoms with Crippen LogP contribution in [-0.2, 0) is 9.53 Å². The fraction of sp³-hybridized carbons (Fsp3) is 0.154. The summed E-state index contributed by atoms with van der Waals surface area (Å²) in [5, 5.41) is 2.56. The van der Waals surface area contributed by atoms with Crippen molar-refractivity contribution in [2.45, 2.75) is 6.92 Å². The van der Waals surface area contributed by atoms with Gasteiger partial charge in [0.05, 0.1) is 11.3 Å². The Bertz CT molecular complexity index is 1280. The predicted octanol–water partition coefficient (Wildman–Crippen LogP) is 3.69. The second-order valence-corrected chi connectivity index (χ2v) is 7.46. The van der Waals surface area contributed by atoms with Crippen LogP contribution in [0.25, 0.3) is 0 Å². The molecule has 8 heteroatoms. The normalized spacial score (nSPS) is 11.9. The van der Waals surface area contributed by atoms with Crippen LogP contribution >= 0.6 is 0 Å². The summed E-state index contributed by atoms with van der Waals surface area (Å²) < 4.78 is 16.2. The third kappa shape index (κ3) is 4.96. The van der Waals surface area contributed by atoms with E-state index in [4.69, 9.17) is 14.2 Å². The number of benzene rings is 3. The van der Waals surface area contributed by atoms with Gasteiger partial charge < -0.3 is 19.5 Å². The van der Waals surface area contributed by atoms with E-state index in [1.54, 1.807) is 54.6 Å². The minimum Gasteiger partial charge on any atom is -0.486 e. The number of esters is 1. The van der Waals surface area contributed by atoms with E-state index in [0.29, 0.717) is 41.5 Å². The first kappa shape index (κ1) is 22.7. The Morgan fingerprint density at radius 2 is 1.47 bits per heavy atom. The molecule has 1 amide bonds. The van der Waals surface area contributed by atoms with E-state index >= 15 is 0 Å². The molecular weight excluding hydrogens is 438 g/mol. The van der Waals surface area contributed by atoms with Crippen molar-refractivity contribution in [2.75, 3.05) is 25.1 Å². The maximum absolute atomic E-state index is 13.1. The molecule has 0 radical (unpaired) electrons. The van der Waals surface area contributed by atoms with E-state index < -0.39 is 24.3 Å². The number of Topliss-reactive ketones (excluding diaryl/α,β-unsaturated/α-hetero) is 1. The number of anilines is 1. The summed E-state index contributed by atoms with van der Waals surface area (Å²) in [6, 6.07) is 17.5. The Balaban J connectivity index is 1.46. The summed E-state index contributed by atoms with van der Waals surface area (Å²) in [4.78, 5) is 49.9. The number of ketones is 2. The maximum Gasteiger partial charge on any atom is 0.339 e. The first-order valence-electron chi connectivity index (χ1n) is 10.5. The highest BCUT2D eigenvalue weighted by Gasteiger charge is 2.22. The van der Waals surface area contributed by atoms with Crippen LogP contribution in [0.4, 0.5) is 5.69 Å². The lowest BCUT2D eigenvalue weighted by Crippen LogP contribution is -2.23. The van der Waals surface area contributed by atoms with Crippen molar-refractivity contribution in [1.29, 1.82) is 0 Å². The molecule has 1 heterocycles. The van der Waals surface area contributed by atoms with E-state index in [0.717, 1.165) is 0 Å². The van der Waals surface area contributed by atoms with Gasteiger partial charge in [-0.25, -0.2) is 4.79 Å². The molecule has 0 aliphatic carbocycles. The minimum atomic E-state index is -0.823. The zero-order valence-electron chi connectivity index (χ0n) is 18.3. The molecule has 172 valence electrons. The third-order valence-corrected chi connectivity index (χ3v) is 5.11. The summed E-state index contributed by atoms with van der Waals surface area (Å²) in [5.74, 6) is -1.04. The van der Waals surface area contributed by atoms with Crippen LogP contribution in [0.1, 0.15) is 43.6 Å². The third-order valence-electron chi connectivity index (χ3n) is 5.11. The van der Waals surface area contributed by atoms with Crippen molar-refractivity contribution in [3.8, 4) is 11.5 Å². The predicted molar refractivity (Wildman–Crippen MR) is 123 cm³/mol. The second-order valence-electron chi connectivity index (χ2n) is 7.46. The van der Waals surface area contributed by atoms with Crippen LogP contribution < -0.4 is 14.8 Å². The molecule has 0 saturated heterocycles. The molecule has 0 aromatic heterocycles. The Labute approximate surface area is 195 Å². The monoisotopic (exact) mass is 459 g/mol. The van der Waals surface area contributed by atoms with Crippen LogP contribution in [0.15, 0.2) is 66.7 Å². The van der Waals surface area contributed by atoms with Crippen molar-refractivity contribution in [2.24, 2.45) is 0 Å². The largest absolute Gasteiger partial charge is 0.486 e. The smallest absolute Gasteiger partial charge is 0.339 e. The van der Waals surface area contributed by atoms with Gasteiger partial charge in [-0.2, -0.15) is 0 Å². The number of para-hydroxylation sites is 1. The van der Waals surface area contributed by atoms with E-state index in [9.17, 15) is 19.2 Å². The highest BCUT2D eigenvalue weighted by Crippen LogP contribution is 2.31. The number of carbonyl (C=O) groups excluding carboxylic acids is 4. The van der Waals surface area contributed by atoms with Crippen LogP contribution in [0, 0.1) is 0 Å². The molecule has 1 aliphatic heterocycles. The Morgan fingerprint density at radius 1 is 0.824 bits per heavy atom. The second kappa shape index (κ2) is 9.99. The van der Waals surface area contributed by atoms with Gasteiger partial charge in [0.1, 0.15) is 13.2 Å². The van der Waals surface area contributed by atoms with Gasteiger partial charge in [0.2, 0.25) is 0 Å². The van der Waals surface area contributed by atoms with Crippen molar-refractivity contribution in [1.82, 2.24) is 0 Å². The molecule has 0 saturated carbocycles. The van der Waals surface area contributed by atoms with Crippen LogP contribution in [0.3, 0.4) is 0 Å². The lowest BCUT2D eigenvalue weighted by atomic mass is 9.98. The number of hydrogen-bond acceptors (Lipinski definition) is 7. The fourth-order valence-corrected chi connectivity index (χ4v) is 3.49. The van der Waals surface area contributed by atoms with Gasteiger partial charge in [-0.15, -0.1) is 0 Å². The minimum absolute atomic E-state index is 0.0272. The zero-order chi connectivity index (χ0) is 24.1. The molecule has 0 atom stereocenters. The number of nitrogens with one attached hydrogen (secondary N) is 1. The Hall–Kier alpha value is -4.46. The Morgan fingerprint density at radius 3 is 2.21 bits per heavy atom. The molecule has 4 rings (SSSR count). The van der Waals surface area contributed by atoms with E-state index in [-0.39, 0.29) is 16.9 Å². The van der Waals surface area contributed by atoms with E-state index in [2.05, 4.69) is 5.32 Å². The summed E-state index contributed by atoms with van der Waals surface area (Å²) in [5.41, 5.74) is 1.15. The molecular formula is C26H21NO7. The van der Waals surface area contributed by atoms with Crippen molar-refractivity contribution in [3.63, 3.8) is 0 Å². The molecule has 0 fully saturated rings. The number of fused-ring (bicyclic) bond motifs is 1. The van der Waals surface area contributed by atoms with Gasteiger partial charge in [0, 0.05) is 16.7 Å². The molecule has 3 aromatic carbocycles. The van der Waals surface area contributed by atoms with Crippen LogP contribution in [-0.4, -0.2) is 43.3 Å². The molecule has 3 aromatic rings. The number of ether oxygens (including phenoxy) is 3. The van der Waals surface area contributed by atoms with Crippen molar-refractivity contribution >= 4 is 29.1 Å². The molecule has 0 unspecified atom stereocenters. The van der Waals surface area contributed by atoms with Gasteiger partial charge >= 0.3 is 5.97 Å². The van der Waals surface area contributed by atoms with Crippen molar-refractivity contribution < 1.29 is 33.4 Å². The van der Waals surface area contributed by atoms with Crippen LogP contribution in [0.5, 0.6) is 11.5 Å². The quantitative estimate of drug-likeness (QED) is 0.424. The lowest BCUT2D eigenvalue weighted by molar-refractivity contribution is -0.119. The van der Waals surface area contributed by atoms with Gasteiger partial charge in [-0.05, 0) is 43.3 Å². The molecule has 8 nitrogen and oxygen atoms in total. The van der Waals surface area contributed by atoms with Gasteiger partial charge in [-0.1, -0.05) is 30.3 Å². The molecule has 1 N–H and O–H groups in total. The number of carbonyl (C=O) groups is 4. The highest BCUT2D eigenvalue weighted by molar-refractivity contribution is 6.15.